The average Bonchev–Trinajstić information content (AvgIpc) is 2.44. The number of piperidine rings is 1. The van der Waals surface area contributed by atoms with Crippen LogP contribution in [-0.4, -0.2) is 33.9 Å². The Hall–Kier alpha value is -1.89. The Morgan fingerprint density at radius 1 is 1.48 bits per heavy atom. The highest BCUT2D eigenvalue weighted by Gasteiger charge is 2.35. The molecule has 1 saturated heterocycles. The molecule has 7 heteroatoms. The minimum absolute atomic E-state index is 0.0559. The van der Waals surface area contributed by atoms with Gasteiger partial charge in [-0.15, -0.1) is 0 Å². The summed E-state index contributed by atoms with van der Waals surface area (Å²) < 4.78 is 0.906. The number of carbonyl (C=O) groups excluding carboxylic acids is 1. The van der Waals surface area contributed by atoms with Gasteiger partial charge in [0.25, 0.3) is 0 Å². The highest BCUT2D eigenvalue weighted by atomic mass is 79.9. The molecule has 0 saturated carbocycles. The van der Waals surface area contributed by atoms with E-state index < -0.39 is 18.0 Å². The van der Waals surface area contributed by atoms with Gasteiger partial charge in [0.15, 0.2) is 0 Å². The summed E-state index contributed by atoms with van der Waals surface area (Å²) in [6.07, 6.45) is 1.42. The first-order valence-electron chi connectivity index (χ1n) is 6.61. The summed E-state index contributed by atoms with van der Waals surface area (Å²) in [6.45, 7) is 0.286. The molecule has 1 fully saturated rings. The van der Waals surface area contributed by atoms with E-state index in [1.54, 1.807) is 0 Å². The molecule has 112 valence electrons. The molecule has 0 aromatic heterocycles. The van der Waals surface area contributed by atoms with Crippen molar-refractivity contribution in [3.63, 3.8) is 0 Å². The molecule has 2 amide bonds. The molecule has 0 spiro atoms. The van der Waals surface area contributed by atoms with Crippen molar-refractivity contribution in [2.75, 3.05) is 0 Å². The predicted octanol–water partition coefficient (Wildman–Crippen LogP) is 2.58. The average molecular weight is 354 g/mol. The zero-order chi connectivity index (χ0) is 15.4. The number of rotatable bonds is 3. The number of aliphatic carboxylic acids is 1. The van der Waals surface area contributed by atoms with Crippen LogP contribution in [0, 0.1) is 5.41 Å². The standard InChI is InChI=1S/C14H16BrN3O3/c15-10-4-1-3-9(7-10)8-17-14(21)18-11(13(19)20)5-2-6-12(18)16/h1,3-4,7,11,16H,2,5-6,8H2,(H,17,21)(H,19,20). The summed E-state index contributed by atoms with van der Waals surface area (Å²) in [5, 5.41) is 19.7. The minimum atomic E-state index is -1.07. The van der Waals surface area contributed by atoms with Crippen LogP contribution >= 0.6 is 15.9 Å². The number of urea groups is 1. The number of carboxylic acid groups (broad SMARTS) is 1. The van der Waals surface area contributed by atoms with Gasteiger partial charge in [0.1, 0.15) is 11.9 Å². The Balaban J connectivity index is 2.03. The summed E-state index contributed by atoms with van der Waals surface area (Å²) in [5.74, 6) is -1.02. The van der Waals surface area contributed by atoms with Crippen molar-refractivity contribution in [3.05, 3.63) is 34.3 Å². The second-order valence-corrected chi connectivity index (χ2v) is 5.77. The Labute approximate surface area is 130 Å². The second-order valence-electron chi connectivity index (χ2n) is 4.85. The lowest BCUT2D eigenvalue weighted by Crippen LogP contribution is -2.54. The molecule has 21 heavy (non-hydrogen) atoms. The van der Waals surface area contributed by atoms with Crippen LogP contribution in [0.25, 0.3) is 0 Å². The molecular formula is C14H16BrN3O3. The van der Waals surface area contributed by atoms with Gasteiger partial charge >= 0.3 is 12.0 Å². The molecule has 6 nitrogen and oxygen atoms in total. The molecule has 0 radical (unpaired) electrons. The SMILES string of the molecule is N=C1CCCC(C(=O)O)N1C(=O)NCc1cccc(Br)c1. The van der Waals surface area contributed by atoms with Gasteiger partial charge in [-0.25, -0.2) is 9.59 Å². The van der Waals surface area contributed by atoms with Gasteiger partial charge in [0.05, 0.1) is 0 Å². The van der Waals surface area contributed by atoms with Crippen LogP contribution in [0.1, 0.15) is 24.8 Å². The van der Waals surface area contributed by atoms with Gasteiger partial charge in [-0.1, -0.05) is 28.1 Å². The molecule has 1 aromatic carbocycles. The fourth-order valence-corrected chi connectivity index (χ4v) is 2.75. The third-order valence-corrected chi connectivity index (χ3v) is 3.82. The highest BCUT2D eigenvalue weighted by molar-refractivity contribution is 9.10. The number of hydrogen-bond donors (Lipinski definition) is 3. The van der Waals surface area contributed by atoms with E-state index in [-0.39, 0.29) is 12.4 Å². The monoisotopic (exact) mass is 353 g/mol. The largest absolute Gasteiger partial charge is 0.480 e. The van der Waals surface area contributed by atoms with Crippen LogP contribution in [0.3, 0.4) is 0 Å². The van der Waals surface area contributed by atoms with Crippen molar-refractivity contribution in [1.29, 1.82) is 5.41 Å². The zero-order valence-electron chi connectivity index (χ0n) is 11.3. The van der Waals surface area contributed by atoms with Crippen molar-refractivity contribution < 1.29 is 14.7 Å². The fraction of sp³-hybridized carbons (Fsp3) is 0.357. The van der Waals surface area contributed by atoms with Gasteiger partial charge in [-0.3, -0.25) is 10.3 Å². The Morgan fingerprint density at radius 3 is 2.90 bits per heavy atom. The molecule has 3 N–H and O–H groups in total. The number of carboxylic acids is 1. The Morgan fingerprint density at radius 2 is 2.24 bits per heavy atom. The third kappa shape index (κ3) is 3.81. The van der Waals surface area contributed by atoms with Crippen LogP contribution in [0.5, 0.6) is 0 Å². The van der Waals surface area contributed by atoms with E-state index in [0.717, 1.165) is 14.9 Å². The smallest absolute Gasteiger partial charge is 0.326 e. The lowest BCUT2D eigenvalue weighted by Gasteiger charge is -2.33. The molecule has 1 atom stereocenters. The number of amidine groups is 1. The third-order valence-electron chi connectivity index (χ3n) is 3.33. The number of carbonyl (C=O) groups is 2. The van der Waals surface area contributed by atoms with E-state index in [1.165, 1.54) is 0 Å². The highest BCUT2D eigenvalue weighted by Crippen LogP contribution is 2.19. The van der Waals surface area contributed by atoms with E-state index >= 15 is 0 Å². The first-order chi connectivity index (χ1) is 9.99. The maximum absolute atomic E-state index is 12.2. The van der Waals surface area contributed by atoms with Crippen LogP contribution in [-0.2, 0) is 11.3 Å². The summed E-state index contributed by atoms with van der Waals surface area (Å²) >= 11 is 3.35. The van der Waals surface area contributed by atoms with Gasteiger partial charge in [-0.05, 0) is 30.5 Å². The number of nitrogens with one attached hydrogen (secondary N) is 2. The van der Waals surface area contributed by atoms with Gasteiger partial charge in [-0.2, -0.15) is 0 Å². The molecule has 0 aliphatic carbocycles. The fourth-order valence-electron chi connectivity index (χ4n) is 2.31. The number of nitrogens with zero attached hydrogens (tertiary/aromatic N) is 1. The maximum atomic E-state index is 12.2. The van der Waals surface area contributed by atoms with Crippen LogP contribution in [0.4, 0.5) is 4.79 Å². The van der Waals surface area contributed by atoms with Crippen molar-refractivity contribution in [2.24, 2.45) is 0 Å². The Kier molecular flexibility index (Phi) is 4.95. The number of likely N-dealkylation sites (tertiary alicyclic amines) is 1. The summed E-state index contributed by atoms with van der Waals surface area (Å²) in [7, 11) is 0. The van der Waals surface area contributed by atoms with Crippen molar-refractivity contribution in [1.82, 2.24) is 10.2 Å². The molecule has 1 heterocycles. The summed E-state index contributed by atoms with van der Waals surface area (Å²) in [4.78, 5) is 24.4. The van der Waals surface area contributed by atoms with Gasteiger partial charge in [0, 0.05) is 17.4 Å². The van der Waals surface area contributed by atoms with E-state index in [9.17, 15) is 14.7 Å². The minimum Gasteiger partial charge on any atom is -0.480 e. The van der Waals surface area contributed by atoms with Crippen molar-refractivity contribution in [3.8, 4) is 0 Å². The van der Waals surface area contributed by atoms with E-state index in [1.807, 2.05) is 24.3 Å². The summed E-state index contributed by atoms with van der Waals surface area (Å²) in [5.41, 5.74) is 0.896. The van der Waals surface area contributed by atoms with Crippen molar-refractivity contribution >= 4 is 33.8 Å². The first-order valence-corrected chi connectivity index (χ1v) is 7.40. The molecule has 2 rings (SSSR count). The lowest BCUT2D eigenvalue weighted by molar-refractivity contribution is -0.141. The number of halogens is 1. The Bertz CT molecular complexity index is 576. The molecule has 1 aliphatic rings. The zero-order valence-corrected chi connectivity index (χ0v) is 12.9. The number of benzene rings is 1. The maximum Gasteiger partial charge on any atom is 0.326 e. The number of amides is 2. The topological polar surface area (TPSA) is 93.5 Å². The predicted molar refractivity (Wildman–Crippen MR) is 81.2 cm³/mol. The van der Waals surface area contributed by atoms with E-state index in [2.05, 4.69) is 21.2 Å². The molecule has 0 bridgehead atoms. The quantitative estimate of drug-likeness (QED) is 0.779. The summed E-state index contributed by atoms with van der Waals surface area (Å²) in [6, 6.07) is 5.99. The normalized spacial score (nSPS) is 18.4. The van der Waals surface area contributed by atoms with Crippen LogP contribution in [0.15, 0.2) is 28.7 Å². The first kappa shape index (κ1) is 15.5. The van der Waals surface area contributed by atoms with Gasteiger partial charge in [0.2, 0.25) is 0 Å². The second kappa shape index (κ2) is 6.71. The number of hydrogen-bond acceptors (Lipinski definition) is 3. The molecule has 1 aromatic rings. The molecule has 1 aliphatic heterocycles. The van der Waals surface area contributed by atoms with Crippen LogP contribution in [0.2, 0.25) is 0 Å². The van der Waals surface area contributed by atoms with Gasteiger partial charge < -0.3 is 10.4 Å². The van der Waals surface area contributed by atoms with Crippen LogP contribution < -0.4 is 5.32 Å². The lowest BCUT2D eigenvalue weighted by atomic mass is 10.0. The van der Waals surface area contributed by atoms with Crippen molar-refractivity contribution in [2.45, 2.75) is 31.8 Å². The molecule has 1 unspecified atom stereocenters. The molecular weight excluding hydrogens is 338 g/mol. The van der Waals surface area contributed by atoms with E-state index in [4.69, 9.17) is 5.41 Å². The van der Waals surface area contributed by atoms with E-state index in [0.29, 0.717) is 19.3 Å².